The third-order valence-corrected chi connectivity index (χ3v) is 5.50. The van der Waals surface area contributed by atoms with Gasteiger partial charge in [-0.1, -0.05) is 6.07 Å². The number of rotatable bonds is 6. The van der Waals surface area contributed by atoms with Crippen molar-refractivity contribution in [2.24, 2.45) is 0 Å². The van der Waals surface area contributed by atoms with Crippen LogP contribution in [0, 0.1) is 0 Å². The first-order chi connectivity index (χ1) is 14.7. The van der Waals surface area contributed by atoms with E-state index in [1.807, 2.05) is 35.2 Å². The van der Waals surface area contributed by atoms with Crippen LogP contribution in [0.15, 0.2) is 42.5 Å². The van der Waals surface area contributed by atoms with E-state index in [0.717, 1.165) is 49.8 Å². The van der Waals surface area contributed by atoms with Crippen molar-refractivity contribution >= 4 is 12.0 Å². The van der Waals surface area contributed by atoms with Crippen LogP contribution in [0.25, 0.3) is 6.08 Å². The molecule has 1 fully saturated rings. The van der Waals surface area contributed by atoms with Gasteiger partial charge in [-0.25, -0.2) is 0 Å². The Labute approximate surface area is 176 Å². The molecule has 2 aromatic carbocycles. The number of carbonyl (C=O) groups excluding carboxylic acids is 1. The van der Waals surface area contributed by atoms with Crippen molar-refractivity contribution in [1.29, 1.82) is 0 Å². The van der Waals surface area contributed by atoms with E-state index in [9.17, 15) is 4.79 Å². The zero-order valence-electron chi connectivity index (χ0n) is 17.3. The molecule has 2 aliphatic rings. The number of hydrogen-bond acceptors (Lipinski definition) is 5. The largest absolute Gasteiger partial charge is 0.493 e. The summed E-state index contributed by atoms with van der Waals surface area (Å²) in [5.74, 6) is 2.98. The normalized spacial score (nSPS) is 16.1. The fourth-order valence-electron chi connectivity index (χ4n) is 3.79. The lowest BCUT2D eigenvalue weighted by Gasteiger charge is -2.31. The summed E-state index contributed by atoms with van der Waals surface area (Å²) < 4.78 is 21.4. The molecular formula is C23H27N2O5+. The Bertz CT molecular complexity index is 935. The summed E-state index contributed by atoms with van der Waals surface area (Å²) in [5.41, 5.74) is 2.12. The second kappa shape index (κ2) is 9.09. The summed E-state index contributed by atoms with van der Waals surface area (Å²) in [7, 11) is 3.20. The molecule has 1 amide bonds. The van der Waals surface area contributed by atoms with E-state index in [0.29, 0.717) is 18.3 Å². The van der Waals surface area contributed by atoms with E-state index in [1.165, 1.54) is 10.5 Å². The Morgan fingerprint density at radius 2 is 1.80 bits per heavy atom. The molecule has 30 heavy (non-hydrogen) atoms. The Balaban J connectivity index is 1.29. The third-order valence-electron chi connectivity index (χ3n) is 5.50. The van der Waals surface area contributed by atoms with E-state index in [1.54, 1.807) is 20.3 Å². The van der Waals surface area contributed by atoms with Gasteiger partial charge in [0.15, 0.2) is 23.0 Å². The van der Waals surface area contributed by atoms with E-state index in [2.05, 4.69) is 12.1 Å². The van der Waals surface area contributed by atoms with Crippen molar-refractivity contribution in [1.82, 2.24) is 4.90 Å². The molecule has 0 aromatic heterocycles. The fourth-order valence-corrected chi connectivity index (χ4v) is 3.79. The van der Waals surface area contributed by atoms with Crippen LogP contribution in [-0.4, -0.2) is 58.0 Å². The molecule has 0 bridgehead atoms. The van der Waals surface area contributed by atoms with Gasteiger partial charge in [0.25, 0.3) is 0 Å². The van der Waals surface area contributed by atoms with Crippen molar-refractivity contribution < 1.29 is 28.6 Å². The summed E-state index contributed by atoms with van der Waals surface area (Å²) >= 11 is 0. The number of piperazine rings is 1. The average molecular weight is 411 g/mol. The molecule has 2 heterocycles. The quantitative estimate of drug-likeness (QED) is 0.728. The van der Waals surface area contributed by atoms with Crippen molar-refractivity contribution in [3.63, 3.8) is 0 Å². The van der Waals surface area contributed by atoms with Crippen molar-refractivity contribution in [3.05, 3.63) is 53.6 Å². The monoisotopic (exact) mass is 411 g/mol. The highest BCUT2D eigenvalue weighted by Gasteiger charge is 2.23. The number of nitrogens with one attached hydrogen (secondary N) is 1. The molecule has 1 N–H and O–H groups in total. The van der Waals surface area contributed by atoms with Crippen LogP contribution in [0.3, 0.4) is 0 Å². The predicted octanol–water partition coefficient (Wildman–Crippen LogP) is 1.37. The number of benzene rings is 2. The van der Waals surface area contributed by atoms with E-state index in [-0.39, 0.29) is 5.91 Å². The van der Waals surface area contributed by atoms with Gasteiger partial charge < -0.3 is 28.7 Å². The van der Waals surface area contributed by atoms with Gasteiger partial charge in [-0.05, 0) is 42.0 Å². The van der Waals surface area contributed by atoms with Crippen molar-refractivity contribution in [2.75, 3.05) is 47.2 Å². The lowest BCUT2D eigenvalue weighted by atomic mass is 10.1. The minimum atomic E-state index is 0.0342. The Morgan fingerprint density at radius 1 is 1.03 bits per heavy atom. The summed E-state index contributed by atoms with van der Waals surface area (Å²) in [6.07, 6.45) is 3.44. The summed E-state index contributed by atoms with van der Waals surface area (Å²) in [5, 5.41) is 0. The van der Waals surface area contributed by atoms with E-state index >= 15 is 0 Å². The van der Waals surface area contributed by atoms with Gasteiger partial charge in [-0.2, -0.15) is 0 Å². The fraction of sp³-hybridized carbons (Fsp3) is 0.348. The molecular weight excluding hydrogens is 384 g/mol. The maximum atomic E-state index is 12.6. The molecule has 1 saturated heterocycles. The van der Waals surface area contributed by atoms with Crippen LogP contribution < -0.4 is 23.8 Å². The molecule has 0 unspecified atom stereocenters. The molecule has 0 radical (unpaired) electrons. The molecule has 7 heteroatoms. The van der Waals surface area contributed by atoms with Crippen molar-refractivity contribution in [2.45, 2.75) is 6.54 Å². The van der Waals surface area contributed by atoms with E-state index < -0.39 is 0 Å². The number of hydrogen-bond donors (Lipinski definition) is 1. The maximum absolute atomic E-state index is 12.6. The number of quaternary nitrogens is 1. The average Bonchev–Trinajstić information content (AvgIpc) is 3.25. The Hall–Kier alpha value is -3.19. The van der Waals surface area contributed by atoms with Gasteiger partial charge in [0.1, 0.15) is 6.54 Å². The molecule has 0 aliphatic carbocycles. The number of nitrogens with zero attached hydrogens (tertiary/aromatic N) is 1. The topological polar surface area (TPSA) is 61.7 Å². The van der Waals surface area contributed by atoms with Gasteiger partial charge >= 0.3 is 0 Å². The summed E-state index contributed by atoms with van der Waals surface area (Å²) in [4.78, 5) is 15.9. The van der Waals surface area contributed by atoms with E-state index in [4.69, 9.17) is 18.9 Å². The molecule has 7 nitrogen and oxygen atoms in total. The predicted molar refractivity (Wildman–Crippen MR) is 112 cm³/mol. The van der Waals surface area contributed by atoms with Gasteiger partial charge in [0.05, 0.1) is 40.4 Å². The van der Waals surface area contributed by atoms with Crippen LogP contribution in [0.4, 0.5) is 0 Å². The highest BCUT2D eigenvalue weighted by Crippen LogP contribution is 2.32. The first kappa shape index (κ1) is 20.1. The maximum Gasteiger partial charge on any atom is 0.246 e. The van der Waals surface area contributed by atoms with Crippen LogP contribution in [0.5, 0.6) is 23.0 Å². The zero-order valence-corrected chi connectivity index (χ0v) is 17.3. The second-order valence-electron chi connectivity index (χ2n) is 7.39. The van der Waals surface area contributed by atoms with Gasteiger partial charge in [-0.3, -0.25) is 4.79 Å². The Kier molecular flexibility index (Phi) is 6.09. The molecule has 0 saturated carbocycles. The third kappa shape index (κ3) is 4.52. The number of carbonyl (C=O) groups is 1. The number of amides is 1. The standard InChI is InChI=1S/C23H26N2O5/c1-27-19-6-3-17(13-21(19)28-2)5-8-23(26)25-11-9-24(10-12-25)15-18-4-7-20-22(14-18)30-16-29-20/h3-8,13-14H,9-12,15-16H2,1-2H3/p+1. The van der Waals surface area contributed by atoms with Crippen molar-refractivity contribution in [3.8, 4) is 23.0 Å². The van der Waals surface area contributed by atoms with Gasteiger partial charge in [-0.15, -0.1) is 0 Å². The van der Waals surface area contributed by atoms with Gasteiger partial charge in [0.2, 0.25) is 12.7 Å². The number of fused-ring (bicyclic) bond motifs is 1. The van der Waals surface area contributed by atoms with Gasteiger partial charge in [0, 0.05) is 11.6 Å². The molecule has 158 valence electrons. The molecule has 0 spiro atoms. The number of methoxy groups -OCH3 is 2. The van der Waals surface area contributed by atoms with Crippen LogP contribution >= 0.6 is 0 Å². The highest BCUT2D eigenvalue weighted by molar-refractivity contribution is 5.91. The van der Waals surface area contributed by atoms with Crippen LogP contribution in [0.2, 0.25) is 0 Å². The zero-order chi connectivity index (χ0) is 20.9. The lowest BCUT2D eigenvalue weighted by molar-refractivity contribution is -0.917. The minimum Gasteiger partial charge on any atom is -0.493 e. The number of ether oxygens (including phenoxy) is 4. The summed E-state index contributed by atoms with van der Waals surface area (Å²) in [6, 6.07) is 11.7. The minimum absolute atomic E-state index is 0.0342. The smallest absolute Gasteiger partial charge is 0.246 e. The summed E-state index contributed by atoms with van der Waals surface area (Å²) in [6.45, 7) is 4.54. The van der Waals surface area contributed by atoms with Crippen LogP contribution in [0.1, 0.15) is 11.1 Å². The Morgan fingerprint density at radius 3 is 2.57 bits per heavy atom. The first-order valence-corrected chi connectivity index (χ1v) is 10.1. The first-order valence-electron chi connectivity index (χ1n) is 10.1. The molecule has 2 aromatic rings. The molecule has 2 aliphatic heterocycles. The second-order valence-corrected chi connectivity index (χ2v) is 7.39. The highest BCUT2D eigenvalue weighted by atomic mass is 16.7. The van der Waals surface area contributed by atoms with Crippen LogP contribution in [-0.2, 0) is 11.3 Å². The molecule has 0 atom stereocenters. The molecule has 4 rings (SSSR count). The lowest BCUT2D eigenvalue weighted by Crippen LogP contribution is -3.13. The SMILES string of the molecule is COc1ccc(C=CC(=O)N2CC[NH+](Cc3ccc4c(c3)OCO4)CC2)cc1OC.